The monoisotopic (exact) mass is 231 g/mol. The number of carbonyl (C=O) groups is 1. The first-order valence-electron chi connectivity index (χ1n) is 6.08. The molecule has 0 aliphatic heterocycles. The molecule has 4 heteroatoms. The van der Waals surface area contributed by atoms with Crippen LogP contribution < -0.4 is 5.32 Å². The summed E-state index contributed by atoms with van der Waals surface area (Å²) >= 11 is 0. The molecule has 96 valence electrons. The molecule has 1 N–H and O–H groups in total. The van der Waals surface area contributed by atoms with Crippen molar-refractivity contribution < 1.29 is 14.3 Å². The summed E-state index contributed by atoms with van der Waals surface area (Å²) in [6, 6.07) is -0.246. The van der Waals surface area contributed by atoms with Crippen LogP contribution >= 0.6 is 0 Å². The standard InChI is InChI=1S/C12H25NO3/c1-5-7-10(3)16-9-8-11(13-6-2)12(14)15-4/h10-11,13H,5-9H2,1-4H3. The van der Waals surface area contributed by atoms with Crippen molar-refractivity contribution in [3.63, 3.8) is 0 Å². The van der Waals surface area contributed by atoms with E-state index in [-0.39, 0.29) is 18.1 Å². The highest BCUT2D eigenvalue weighted by molar-refractivity contribution is 5.75. The van der Waals surface area contributed by atoms with Crippen LogP contribution in [0.4, 0.5) is 0 Å². The van der Waals surface area contributed by atoms with E-state index >= 15 is 0 Å². The van der Waals surface area contributed by atoms with Gasteiger partial charge in [0.2, 0.25) is 0 Å². The van der Waals surface area contributed by atoms with Crippen molar-refractivity contribution in [1.29, 1.82) is 0 Å². The normalized spacial score (nSPS) is 14.5. The minimum Gasteiger partial charge on any atom is -0.468 e. The average molecular weight is 231 g/mol. The zero-order valence-corrected chi connectivity index (χ0v) is 10.9. The third-order valence-electron chi connectivity index (χ3n) is 2.44. The highest BCUT2D eigenvalue weighted by atomic mass is 16.5. The molecule has 2 atom stereocenters. The molecule has 2 unspecified atom stereocenters. The van der Waals surface area contributed by atoms with Crippen LogP contribution in [0.15, 0.2) is 0 Å². The van der Waals surface area contributed by atoms with Crippen molar-refractivity contribution in [1.82, 2.24) is 5.32 Å². The molecule has 0 spiro atoms. The number of nitrogens with one attached hydrogen (secondary N) is 1. The zero-order valence-electron chi connectivity index (χ0n) is 10.9. The fraction of sp³-hybridized carbons (Fsp3) is 0.917. The van der Waals surface area contributed by atoms with Crippen LogP contribution in [0, 0.1) is 0 Å². The van der Waals surface area contributed by atoms with E-state index in [1.165, 1.54) is 7.11 Å². The van der Waals surface area contributed by atoms with Gasteiger partial charge in [-0.15, -0.1) is 0 Å². The maximum atomic E-state index is 11.4. The fourth-order valence-corrected chi connectivity index (χ4v) is 1.57. The van der Waals surface area contributed by atoms with Crippen molar-refractivity contribution in [3.8, 4) is 0 Å². The summed E-state index contributed by atoms with van der Waals surface area (Å²) in [5, 5.41) is 3.08. The van der Waals surface area contributed by atoms with Crippen molar-refractivity contribution in [2.24, 2.45) is 0 Å². The minimum absolute atomic E-state index is 0.214. The lowest BCUT2D eigenvalue weighted by molar-refractivity contribution is -0.143. The van der Waals surface area contributed by atoms with Crippen molar-refractivity contribution >= 4 is 5.97 Å². The maximum Gasteiger partial charge on any atom is 0.322 e. The second-order valence-electron chi connectivity index (χ2n) is 3.89. The van der Waals surface area contributed by atoms with Crippen LogP contribution in [-0.2, 0) is 14.3 Å². The highest BCUT2D eigenvalue weighted by Crippen LogP contribution is 2.03. The van der Waals surface area contributed by atoms with Crippen molar-refractivity contribution in [2.45, 2.75) is 52.2 Å². The Hall–Kier alpha value is -0.610. The van der Waals surface area contributed by atoms with Gasteiger partial charge >= 0.3 is 5.97 Å². The predicted molar refractivity (Wildman–Crippen MR) is 64.4 cm³/mol. The highest BCUT2D eigenvalue weighted by Gasteiger charge is 2.17. The van der Waals surface area contributed by atoms with Gasteiger partial charge in [0.15, 0.2) is 0 Å². The van der Waals surface area contributed by atoms with E-state index in [0.29, 0.717) is 13.0 Å². The number of hydrogen-bond acceptors (Lipinski definition) is 4. The molecule has 16 heavy (non-hydrogen) atoms. The molecule has 0 aliphatic carbocycles. The van der Waals surface area contributed by atoms with E-state index in [0.717, 1.165) is 19.4 Å². The van der Waals surface area contributed by atoms with Gasteiger partial charge in [-0.2, -0.15) is 0 Å². The first-order chi connectivity index (χ1) is 7.65. The molecule has 4 nitrogen and oxygen atoms in total. The molecule has 0 saturated heterocycles. The van der Waals surface area contributed by atoms with E-state index < -0.39 is 0 Å². The van der Waals surface area contributed by atoms with Crippen LogP contribution in [0.25, 0.3) is 0 Å². The van der Waals surface area contributed by atoms with Gasteiger partial charge in [0, 0.05) is 6.61 Å². The Morgan fingerprint density at radius 3 is 2.50 bits per heavy atom. The van der Waals surface area contributed by atoms with Crippen molar-refractivity contribution in [2.75, 3.05) is 20.3 Å². The van der Waals surface area contributed by atoms with Gasteiger partial charge in [-0.25, -0.2) is 0 Å². The van der Waals surface area contributed by atoms with Crippen LogP contribution in [0.3, 0.4) is 0 Å². The summed E-state index contributed by atoms with van der Waals surface area (Å²) in [6.45, 7) is 7.51. The number of esters is 1. The van der Waals surface area contributed by atoms with E-state index in [1.54, 1.807) is 0 Å². The Morgan fingerprint density at radius 2 is 2.00 bits per heavy atom. The number of ether oxygens (including phenoxy) is 2. The summed E-state index contributed by atoms with van der Waals surface area (Å²) in [5.74, 6) is -0.214. The second kappa shape index (κ2) is 9.60. The van der Waals surface area contributed by atoms with E-state index in [9.17, 15) is 4.79 Å². The summed E-state index contributed by atoms with van der Waals surface area (Å²) in [7, 11) is 1.41. The Bertz CT molecular complexity index is 185. The summed E-state index contributed by atoms with van der Waals surface area (Å²) in [5.41, 5.74) is 0. The molecule has 0 heterocycles. The van der Waals surface area contributed by atoms with Gasteiger partial charge in [0.25, 0.3) is 0 Å². The van der Waals surface area contributed by atoms with Gasteiger partial charge in [-0.3, -0.25) is 4.79 Å². The van der Waals surface area contributed by atoms with Crippen LogP contribution in [0.1, 0.15) is 40.0 Å². The molecule has 0 fully saturated rings. The predicted octanol–water partition coefficient (Wildman–Crippen LogP) is 1.73. The fourth-order valence-electron chi connectivity index (χ4n) is 1.57. The van der Waals surface area contributed by atoms with Gasteiger partial charge in [-0.1, -0.05) is 20.3 Å². The molecular formula is C12H25NO3. The maximum absolute atomic E-state index is 11.4. The quantitative estimate of drug-likeness (QED) is 0.614. The largest absolute Gasteiger partial charge is 0.468 e. The van der Waals surface area contributed by atoms with Gasteiger partial charge in [-0.05, 0) is 26.3 Å². The molecule has 0 aromatic carbocycles. The molecule has 0 saturated carbocycles. The van der Waals surface area contributed by atoms with Crippen LogP contribution in [-0.4, -0.2) is 38.4 Å². The lowest BCUT2D eigenvalue weighted by Crippen LogP contribution is -2.38. The summed E-state index contributed by atoms with van der Waals surface area (Å²) in [4.78, 5) is 11.4. The number of hydrogen-bond donors (Lipinski definition) is 1. The molecule has 0 amide bonds. The van der Waals surface area contributed by atoms with Gasteiger partial charge in [0.1, 0.15) is 6.04 Å². The average Bonchev–Trinajstić information content (AvgIpc) is 2.27. The van der Waals surface area contributed by atoms with Crippen LogP contribution in [0.5, 0.6) is 0 Å². The molecule has 0 bridgehead atoms. The Kier molecular flexibility index (Phi) is 9.24. The number of likely N-dealkylation sites (N-methyl/N-ethyl adjacent to an activating group) is 1. The van der Waals surface area contributed by atoms with Gasteiger partial charge in [0.05, 0.1) is 13.2 Å². The molecule has 0 aliphatic rings. The Labute approximate surface area is 98.7 Å². The third-order valence-corrected chi connectivity index (χ3v) is 2.44. The Morgan fingerprint density at radius 1 is 1.31 bits per heavy atom. The molecular weight excluding hydrogens is 206 g/mol. The molecule has 0 aromatic rings. The van der Waals surface area contributed by atoms with E-state index in [1.807, 2.05) is 6.92 Å². The first-order valence-corrected chi connectivity index (χ1v) is 6.08. The summed E-state index contributed by atoms with van der Waals surface area (Å²) < 4.78 is 10.3. The molecule has 0 aromatic heterocycles. The Balaban J connectivity index is 3.79. The second-order valence-corrected chi connectivity index (χ2v) is 3.89. The van der Waals surface area contributed by atoms with E-state index in [4.69, 9.17) is 9.47 Å². The first kappa shape index (κ1) is 15.4. The smallest absolute Gasteiger partial charge is 0.322 e. The number of carbonyl (C=O) groups excluding carboxylic acids is 1. The SMILES string of the molecule is CCCC(C)OCCC(NCC)C(=O)OC. The lowest BCUT2D eigenvalue weighted by atomic mass is 10.2. The van der Waals surface area contributed by atoms with E-state index in [2.05, 4.69) is 19.2 Å². The molecule has 0 radical (unpaired) electrons. The minimum atomic E-state index is -0.246. The van der Waals surface area contributed by atoms with Crippen molar-refractivity contribution in [3.05, 3.63) is 0 Å². The topological polar surface area (TPSA) is 47.6 Å². The van der Waals surface area contributed by atoms with Gasteiger partial charge < -0.3 is 14.8 Å². The molecule has 0 rings (SSSR count). The third kappa shape index (κ3) is 6.80. The summed E-state index contributed by atoms with van der Waals surface area (Å²) in [6.07, 6.45) is 3.11. The number of rotatable bonds is 9. The zero-order chi connectivity index (χ0) is 12.4. The number of methoxy groups -OCH3 is 1. The lowest BCUT2D eigenvalue weighted by Gasteiger charge is -2.17. The van der Waals surface area contributed by atoms with Crippen LogP contribution in [0.2, 0.25) is 0 Å².